The van der Waals surface area contributed by atoms with E-state index < -0.39 is 0 Å². The average molecular weight is 466 g/mol. The van der Waals surface area contributed by atoms with Gasteiger partial charge in [-0.25, -0.2) is 0 Å². The van der Waals surface area contributed by atoms with Gasteiger partial charge in [-0.15, -0.1) is 0 Å². The number of hydrogen-bond acceptors (Lipinski definition) is 1. The molecule has 0 spiro atoms. The zero-order valence-corrected chi connectivity index (χ0v) is 24.3. The highest BCUT2D eigenvalue weighted by atomic mass is 15.1. The molecule has 0 aromatic carbocycles. The average Bonchev–Trinajstić information content (AvgIpc) is 2.78. The molecule has 0 heterocycles. The van der Waals surface area contributed by atoms with Crippen molar-refractivity contribution in [2.75, 3.05) is 14.1 Å². The van der Waals surface area contributed by atoms with Crippen LogP contribution in [-0.2, 0) is 0 Å². The zero-order valence-electron chi connectivity index (χ0n) is 24.3. The van der Waals surface area contributed by atoms with E-state index in [1.807, 2.05) is 0 Å². The SMILES string of the molecule is CCCCCCCCCCCC(CCCCCCCCCCCCCCCC(C)C)N(C)C. The molecular weight excluding hydrogens is 398 g/mol. The van der Waals surface area contributed by atoms with E-state index in [9.17, 15) is 0 Å². The minimum Gasteiger partial charge on any atom is -0.306 e. The van der Waals surface area contributed by atoms with Gasteiger partial charge in [0.25, 0.3) is 0 Å². The van der Waals surface area contributed by atoms with Crippen molar-refractivity contribution in [3.8, 4) is 0 Å². The van der Waals surface area contributed by atoms with Crippen LogP contribution in [0.25, 0.3) is 0 Å². The van der Waals surface area contributed by atoms with Gasteiger partial charge in [0.2, 0.25) is 0 Å². The van der Waals surface area contributed by atoms with Crippen molar-refractivity contribution in [2.45, 2.75) is 187 Å². The van der Waals surface area contributed by atoms with Gasteiger partial charge in [-0.3, -0.25) is 0 Å². The molecule has 200 valence electrons. The Hall–Kier alpha value is -0.0400. The molecule has 0 radical (unpaired) electrons. The third kappa shape index (κ3) is 26.4. The van der Waals surface area contributed by atoms with E-state index in [4.69, 9.17) is 0 Å². The molecule has 0 aliphatic rings. The molecule has 0 rings (SSSR count). The molecule has 0 amide bonds. The second-order valence-corrected chi connectivity index (χ2v) is 11.8. The Balaban J connectivity index is 3.38. The molecule has 1 unspecified atom stereocenters. The summed E-state index contributed by atoms with van der Waals surface area (Å²) < 4.78 is 0. The summed E-state index contributed by atoms with van der Waals surface area (Å²) >= 11 is 0. The van der Waals surface area contributed by atoms with E-state index in [1.165, 1.54) is 161 Å². The number of hydrogen-bond donors (Lipinski definition) is 0. The van der Waals surface area contributed by atoms with Gasteiger partial charge in [0, 0.05) is 6.04 Å². The predicted octanol–water partition coefficient (Wildman–Crippen LogP) is 11.3. The molecule has 0 aliphatic carbocycles. The van der Waals surface area contributed by atoms with Crippen LogP contribution < -0.4 is 0 Å². The van der Waals surface area contributed by atoms with Gasteiger partial charge in [0.1, 0.15) is 0 Å². The normalized spacial score (nSPS) is 12.8. The fraction of sp³-hybridized carbons (Fsp3) is 1.00. The lowest BCUT2D eigenvalue weighted by molar-refractivity contribution is 0.251. The van der Waals surface area contributed by atoms with Crippen LogP contribution in [0.4, 0.5) is 0 Å². The van der Waals surface area contributed by atoms with E-state index in [0.29, 0.717) is 0 Å². The lowest BCUT2D eigenvalue weighted by Gasteiger charge is -2.24. The standard InChI is InChI=1S/C32H67N/c1-6-7-8-9-10-16-20-23-26-29-32(33(4)5)30-27-24-21-18-15-13-11-12-14-17-19-22-25-28-31(2)3/h31-32H,6-30H2,1-5H3. The summed E-state index contributed by atoms with van der Waals surface area (Å²) in [6.07, 6.45) is 36.4. The Morgan fingerprint density at radius 1 is 0.394 bits per heavy atom. The first-order chi connectivity index (χ1) is 16.1. The van der Waals surface area contributed by atoms with Crippen molar-refractivity contribution in [1.82, 2.24) is 4.90 Å². The first-order valence-corrected chi connectivity index (χ1v) is 15.7. The summed E-state index contributed by atoms with van der Waals surface area (Å²) in [4.78, 5) is 2.50. The van der Waals surface area contributed by atoms with E-state index >= 15 is 0 Å². The van der Waals surface area contributed by atoms with E-state index in [-0.39, 0.29) is 0 Å². The van der Waals surface area contributed by atoms with Crippen molar-refractivity contribution < 1.29 is 0 Å². The van der Waals surface area contributed by atoms with Gasteiger partial charge in [0.05, 0.1) is 0 Å². The third-order valence-electron chi connectivity index (χ3n) is 7.69. The Bertz CT molecular complexity index is 348. The minimum atomic E-state index is 0.819. The van der Waals surface area contributed by atoms with Gasteiger partial charge >= 0.3 is 0 Å². The van der Waals surface area contributed by atoms with Gasteiger partial charge in [-0.1, -0.05) is 168 Å². The molecule has 0 bridgehead atoms. The smallest absolute Gasteiger partial charge is 0.00891 e. The molecule has 0 aromatic rings. The van der Waals surface area contributed by atoms with Crippen LogP contribution in [0.3, 0.4) is 0 Å². The maximum atomic E-state index is 2.50. The summed E-state index contributed by atoms with van der Waals surface area (Å²) in [5.74, 6) is 0.893. The van der Waals surface area contributed by atoms with Crippen LogP contribution in [0.15, 0.2) is 0 Å². The Kier molecular flexibility index (Phi) is 26.5. The van der Waals surface area contributed by atoms with Gasteiger partial charge in [-0.05, 0) is 32.9 Å². The second kappa shape index (κ2) is 26.6. The Morgan fingerprint density at radius 2 is 0.667 bits per heavy atom. The maximum absolute atomic E-state index is 2.50. The van der Waals surface area contributed by atoms with E-state index in [2.05, 4.69) is 39.8 Å². The fourth-order valence-electron chi connectivity index (χ4n) is 5.23. The molecule has 0 saturated carbocycles. The molecule has 1 heteroatoms. The second-order valence-electron chi connectivity index (χ2n) is 11.8. The summed E-state index contributed by atoms with van der Waals surface area (Å²) in [5.41, 5.74) is 0. The van der Waals surface area contributed by atoms with Crippen molar-refractivity contribution >= 4 is 0 Å². The summed E-state index contributed by atoms with van der Waals surface area (Å²) in [6.45, 7) is 7.00. The first kappa shape index (κ1) is 33.0. The molecule has 1 atom stereocenters. The third-order valence-corrected chi connectivity index (χ3v) is 7.69. The first-order valence-electron chi connectivity index (χ1n) is 15.7. The van der Waals surface area contributed by atoms with Crippen molar-refractivity contribution in [3.63, 3.8) is 0 Å². The van der Waals surface area contributed by atoms with Gasteiger partial charge in [-0.2, -0.15) is 0 Å². The Labute approximate surface area is 212 Å². The van der Waals surface area contributed by atoms with Crippen LogP contribution in [0, 0.1) is 5.92 Å². The molecule has 1 nitrogen and oxygen atoms in total. The summed E-state index contributed by atoms with van der Waals surface area (Å²) in [7, 11) is 4.59. The lowest BCUT2D eigenvalue weighted by Crippen LogP contribution is -2.27. The molecule has 0 saturated heterocycles. The number of unbranched alkanes of at least 4 members (excludes halogenated alkanes) is 20. The maximum Gasteiger partial charge on any atom is 0.00891 e. The predicted molar refractivity (Wildman–Crippen MR) is 153 cm³/mol. The van der Waals surface area contributed by atoms with Crippen molar-refractivity contribution in [2.24, 2.45) is 5.92 Å². The van der Waals surface area contributed by atoms with Crippen LogP contribution in [0.2, 0.25) is 0 Å². The molecule has 0 aromatic heterocycles. The topological polar surface area (TPSA) is 3.24 Å². The summed E-state index contributed by atoms with van der Waals surface area (Å²) in [6, 6.07) is 0.819. The van der Waals surface area contributed by atoms with Crippen LogP contribution >= 0.6 is 0 Å². The Morgan fingerprint density at radius 3 is 0.939 bits per heavy atom. The molecule has 33 heavy (non-hydrogen) atoms. The highest BCUT2D eigenvalue weighted by Crippen LogP contribution is 2.18. The molecule has 0 N–H and O–H groups in total. The highest BCUT2D eigenvalue weighted by molar-refractivity contribution is 4.67. The minimum absolute atomic E-state index is 0.819. The molecular formula is C32H67N. The van der Waals surface area contributed by atoms with E-state index in [0.717, 1.165) is 12.0 Å². The zero-order chi connectivity index (χ0) is 24.4. The molecule has 0 fully saturated rings. The summed E-state index contributed by atoms with van der Waals surface area (Å²) in [5, 5.41) is 0. The number of rotatable bonds is 27. The van der Waals surface area contributed by atoms with Crippen molar-refractivity contribution in [3.05, 3.63) is 0 Å². The highest BCUT2D eigenvalue weighted by Gasteiger charge is 2.10. The monoisotopic (exact) mass is 466 g/mol. The van der Waals surface area contributed by atoms with Gasteiger partial charge in [0.15, 0.2) is 0 Å². The van der Waals surface area contributed by atoms with Gasteiger partial charge < -0.3 is 4.90 Å². The van der Waals surface area contributed by atoms with E-state index in [1.54, 1.807) is 0 Å². The van der Waals surface area contributed by atoms with Crippen LogP contribution in [0.1, 0.15) is 181 Å². The van der Waals surface area contributed by atoms with Crippen molar-refractivity contribution in [1.29, 1.82) is 0 Å². The largest absolute Gasteiger partial charge is 0.306 e. The van der Waals surface area contributed by atoms with Crippen LogP contribution in [-0.4, -0.2) is 25.0 Å². The fourth-order valence-corrected chi connectivity index (χ4v) is 5.23. The quantitative estimate of drug-likeness (QED) is 0.109. The lowest BCUT2D eigenvalue weighted by atomic mass is 9.99. The van der Waals surface area contributed by atoms with Crippen LogP contribution in [0.5, 0.6) is 0 Å². The molecule has 0 aliphatic heterocycles. The number of nitrogens with zero attached hydrogens (tertiary/aromatic N) is 1.